The summed E-state index contributed by atoms with van der Waals surface area (Å²) in [4.78, 5) is 23.3. The molecule has 4 rings (SSSR count). The van der Waals surface area contributed by atoms with Gasteiger partial charge in [-0.1, -0.05) is 0 Å². The standard InChI is InChI=1S/C22H29N7O/c1-14-9-20-16(12-28(4)27-20)10-19(14)26-22(30)15(2)24-11-21(23-3)29-8-7-18(13-29)25-17-5-6-17/h9-12,17-18,25H,3,5-8,13H2,1-2,4H3,(H,26,30)/b21-11+,24-15+. The van der Waals surface area contributed by atoms with Crippen LogP contribution in [-0.4, -0.2) is 58.2 Å². The molecular weight excluding hydrogens is 378 g/mol. The van der Waals surface area contributed by atoms with Crippen molar-refractivity contribution in [1.82, 2.24) is 20.0 Å². The van der Waals surface area contributed by atoms with Crippen LogP contribution in [0.25, 0.3) is 10.9 Å². The number of hydrogen-bond donors (Lipinski definition) is 2. The number of fused-ring (bicyclic) bond motifs is 1. The van der Waals surface area contributed by atoms with E-state index in [2.05, 4.69) is 37.3 Å². The van der Waals surface area contributed by atoms with Crippen molar-refractivity contribution in [1.29, 1.82) is 0 Å². The van der Waals surface area contributed by atoms with Crippen LogP contribution in [0.3, 0.4) is 0 Å². The number of anilines is 1. The normalized spacial score (nSPS) is 20.1. The smallest absolute Gasteiger partial charge is 0.269 e. The third-order valence-corrected chi connectivity index (χ3v) is 5.64. The second-order valence-corrected chi connectivity index (χ2v) is 8.22. The zero-order chi connectivity index (χ0) is 21.3. The minimum Gasteiger partial charge on any atom is -0.354 e. The molecule has 1 unspecified atom stereocenters. The Balaban J connectivity index is 1.42. The maximum Gasteiger partial charge on any atom is 0.269 e. The molecule has 1 atom stereocenters. The topological polar surface area (TPSA) is 86.9 Å². The molecule has 158 valence electrons. The molecule has 2 N–H and O–H groups in total. The lowest BCUT2D eigenvalue weighted by atomic mass is 10.1. The number of rotatable bonds is 7. The first-order valence-corrected chi connectivity index (χ1v) is 10.4. The summed E-state index contributed by atoms with van der Waals surface area (Å²) in [5.74, 6) is 0.464. The van der Waals surface area contributed by atoms with Gasteiger partial charge in [-0.15, -0.1) is 0 Å². The zero-order valence-electron chi connectivity index (χ0n) is 17.9. The van der Waals surface area contributed by atoms with E-state index in [1.807, 2.05) is 32.3 Å². The molecule has 1 saturated heterocycles. The lowest BCUT2D eigenvalue weighted by Gasteiger charge is -2.18. The Morgan fingerprint density at radius 1 is 1.30 bits per heavy atom. The minimum absolute atomic E-state index is 0.240. The number of nitrogens with zero attached hydrogens (tertiary/aromatic N) is 5. The van der Waals surface area contributed by atoms with Crippen molar-refractivity contribution in [3.05, 3.63) is 35.9 Å². The molecule has 1 saturated carbocycles. The quantitative estimate of drug-likeness (QED) is 0.691. The van der Waals surface area contributed by atoms with E-state index >= 15 is 0 Å². The monoisotopic (exact) mass is 407 g/mol. The summed E-state index contributed by atoms with van der Waals surface area (Å²) in [5, 5.41) is 12.0. The van der Waals surface area contributed by atoms with Gasteiger partial charge in [0.2, 0.25) is 0 Å². The summed E-state index contributed by atoms with van der Waals surface area (Å²) in [6.45, 7) is 9.15. The van der Waals surface area contributed by atoms with Crippen LogP contribution in [0.4, 0.5) is 5.69 Å². The maximum atomic E-state index is 12.6. The molecular formula is C22H29N7O. The third-order valence-electron chi connectivity index (χ3n) is 5.64. The Hall–Kier alpha value is -3.00. The first-order chi connectivity index (χ1) is 14.4. The summed E-state index contributed by atoms with van der Waals surface area (Å²) in [6, 6.07) is 5.09. The fourth-order valence-corrected chi connectivity index (χ4v) is 3.77. The number of nitrogens with one attached hydrogen (secondary N) is 2. The van der Waals surface area contributed by atoms with E-state index in [-0.39, 0.29) is 5.91 Å². The second-order valence-electron chi connectivity index (χ2n) is 8.22. The molecule has 0 bridgehead atoms. The highest BCUT2D eigenvalue weighted by molar-refractivity contribution is 6.42. The van der Waals surface area contributed by atoms with Crippen molar-refractivity contribution in [3.8, 4) is 0 Å². The van der Waals surface area contributed by atoms with Crippen LogP contribution in [0.5, 0.6) is 0 Å². The van der Waals surface area contributed by atoms with Gasteiger partial charge in [-0.2, -0.15) is 5.10 Å². The van der Waals surface area contributed by atoms with Crippen LogP contribution >= 0.6 is 0 Å². The van der Waals surface area contributed by atoms with Crippen molar-refractivity contribution in [2.75, 3.05) is 18.4 Å². The average Bonchev–Trinajstić information content (AvgIpc) is 3.28. The fourth-order valence-electron chi connectivity index (χ4n) is 3.77. The number of hydrogen-bond acceptors (Lipinski definition) is 6. The first-order valence-electron chi connectivity index (χ1n) is 10.4. The number of benzene rings is 1. The number of amides is 1. The predicted molar refractivity (Wildman–Crippen MR) is 121 cm³/mol. The van der Waals surface area contributed by atoms with Crippen LogP contribution in [-0.2, 0) is 11.8 Å². The van der Waals surface area contributed by atoms with Gasteiger partial charge in [-0.25, -0.2) is 4.99 Å². The predicted octanol–water partition coefficient (Wildman–Crippen LogP) is 2.61. The van der Waals surface area contributed by atoms with Gasteiger partial charge in [0.05, 0.1) is 11.7 Å². The van der Waals surface area contributed by atoms with Gasteiger partial charge in [0.25, 0.3) is 5.91 Å². The van der Waals surface area contributed by atoms with Crippen LogP contribution in [0.1, 0.15) is 31.7 Å². The summed E-state index contributed by atoms with van der Waals surface area (Å²) in [6.07, 6.45) is 7.22. The summed E-state index contributed by atoms with van der Waals surface area (Å²) >= 11 is 0. The Kier molecular flexibility index (Phi) is 5.67. The van der Waals surface area contributed by atoms with E-state index in [0.717, 1.165) is 41.7 Å². The van der Waals surface area contributed by atoms with Gasteiger partial charge in [-0.3, -0.25) is 14.5 Å². The van der Waals surface area contributed by atoms with Gasteiger partial charge in [-0.05, 0) is 57.5 Å². The second kappa shape index (κ2) is 8.39. The lowest BCUT2D eigenvalue weighted by molar-refractivity contribution is -0.110. The number of aliphatic imine (C=N–C) groups is 2. The highest BCUT2D eigenvalue weighted by Crippen LogP contribution is 2.24. The molecule has 2 heterocycles. The third kappa shape index (κ3) is 4.59. The number of carbonyl (C=O) groups is 1. The van der Waals surface area contributed by atoms with E-state index in [0.29, 0.717) is 23.6 Å². The van der Waals surface area contributed by atoms with Crippen molar-refractivity contribution in [2.24, 2.45) is 17.0 Å². The molecule has 30 heavy (non-hydrogen) atoms. The van der Waals surface area contributed by atoms with E-state index in [1.165, 1.54) is 12.8 Å². The highest BCUT2D eigenvalue weighted by Gasteiger charge is 2.29. The van der Waals surface area contributed by atoms with Crippen LogP contribution in [0.2, 0.25) is 0 Å². The Bertz CT molecular complexity index is 1030. The maximum absolute atomic E-state index is 12.6. The van der Waals surface area contributed by atoms with Crippen LogP contribution in [0.15, 0.2) is 40.3 Å². The van der Waals surface area contributed by atoms with Gasteiger partial charge < -0.3 is 15.5 Å². The molecule has 1 aliphatic carbocycles. The lowest BCUT2D eigenvalue weighted by Crippen LogP contribution is -2.33. The van der Waals surface area contributed by atoms with Crippen LogP contribution in [0, 0.1) is 6.92 Å². The molecule has 0 radical (unpaired) electrons. The molecule has 0 spiro atoms. The van der Waals surface area contributed by atoms with E-state index in [4.69, 9.17) is 0 Å². The van der Waals surface area contributed by atoms with Crippen LogP contribution < -0.4 is 10.6 Å². The molecule has 1 aromatic carbocycles. The molecule has 1 aromatic heterocycles. The fraction of sp³-hybridized carbons (Fsp3) is 0.455. The summed E-state index contributed by atoms with van der Waals surface area (Å²) in [5.41, 5.74) is 2.99. The Morgan fingerprint density at radius 3 is 2.83 bits per heavy atom. The largest absolute Gasteiger partial charge is 0.354 e. The molecule has 1 aliphatic heterocycles. The molecule has 8 nitrogen and oxygen atoms in total. The SMILES string of the molecule is C=N/C(=C\N=C(/C)C(=O)Nc1cc2cn(C)nc2cc1C)N1CCC(NC2CC2)C1. The molecule has 2 aliphatic rings. The van der Waals surface area contributed by atoms with Gasteiger partial charge in [0, 0.05) is 49.5 Å². The first kappa shape index (κ1) is 20.3. The Labute approximate surface area is 176 Å². The number of aryl methyl sites for hydroxylation is 2. The van der Waals surface area contributed by atoms with Crippen molar-refractivity contribution in [2.45, 2.75) is 45.2 Å². The minimum atomic E-state index is -0.240. The summed E-state index contributed by atoms with van der Waals surface area (Å²) in [7, 11) is 1.88. The number of carbonyl (C=O) groups excluding carboxylic acids is 1. The molecule has 8 heteroatoms. The molecule has 2 aromatic rings. The van der Waals surface area contributed by atoms with Gasteiger partial charge >= 0.3 is 0 Å². The van der Waals surface area contributed by atoms with Gasteiger partial charge in [0.1, 0.15) is 11.5 Å². The van der Waals surface area contributed by atoms with E-state index in [1.54, 1.807) is 17.8 Å². The summed E-state index contributed by atoms with van der Waals surface area (Å²) < 4.78 is 1.76. The number of likely N-dealkylation sites (tertiary alicyclic amines) is 1. The van der Waals surface area contributed by atoms with E-state index in [9.17, 15) is 4.79 Å². The van der Waals surface area contributed by atoms with Crippen molar-refractivity contribution in [3.63, 3.8) is 0 Å². The average molecular weight is 408 g/mol. The van der Waals surface area contributed by atoms with E-state index < -0.39 is 0 Å². The molecule has 2 fully saturated rings. The van der Waals surface area contributed by atoms with Crippen molar-refractivity contribution >= 4 is 34.9 Å². The highest BCUT2D eigenvalue weighted by atomic mass is 16.1. The van der Waals surface area contributed by atoms with Crippen molar-refractivity contribution < 1.29 is 4.79 Å². The Morgan fingerprint density at radius 2 is 2.10 bits per heavy atom. The van der Waals surface area contributed by atoms with Gasteiger partial charge in [0.15, 0.2) is 0 Å². The number of aromatic nitrogens is 2. The zero-order valence-corrected chi connectivity index (χ0v) is 17.9. The molecule has 1 amide bonds.